The van der Waals surface area contributed by atoms with Gasteiger partial charge in [0.25, 0.3) is 0 Å². The fraction of sp³-hybridized carbons (Fsp3) is 0.538. The zero-order valence-corrected chi connectivity index (χ0v) is 9.97. The third kappa shape index (κ3) is 2.74. The van der Waals surface area contributed by atoms with Crippen molar-refractivity contribution in [1.82, 2.24) is 0 Å². The van der Waals surface area contributed by atoms with Gasteiger partial charge in [-0.15, -0.1) is 11.6 Å². The highest BCUT2D eigenvalue weighted by Gasteiger charge is 2.31. The second kappa shape index (κ2) is 5.15. The zero-order valence-electron chi connectivity index (χ0n) is 9.22. The molecule has 1 aromatic rings. The average Bonchev–Trinajstić information content (AvgIpc) is 2.33. The van der Waals surface area contributed by atoms with E-state index in [0.717, 1.165) is 38.0 Å². The molecule has 0 amide bonds. The Labute approximate surface area is 101 Å². The SMILES string of the molecule is Fc1ccc(CC2(CCl)CCOCC2)cc1. The smallest absolute Gasteiger partial charge is 0.123 e. The van der Waals surface area contributed by atoms with Crippen molar-refractivity contribution in [2.45, 2.75) is 19.3 Å². The van der Waals surface area contributed by atoms with Gasteiger partial charge in [-0.25, -0.2) is 4.39 Å². The second-order valence-corrected chi connectivity index (χ2v) is 4.82. The average molecular weight is 243 g/mol. The summed E-state index contributed by atoms with van der Waals surface area (Å²) >= 11 is 6.09. The van der Waals surface area contributed by atoms with E-state index >= 15 is 0 Å². The number of benzene rings is 1. The second-order valence-electron chi connectivity index (χ2n) is 4.55. The molecule has 1 heterocycles. The van der Waals surface area contributed by atoms with Crippen molar-refractivity contribution >= 4 is 11.6 Å². The van der Waals surface area contributed by atoms with Crippen LogP contribution in [0.5, 0.6) is 0 Å². The van der Waals surface area contributed by atoms with Gasteiger partial charge < -0.3 is 4.74 Å². The number of rotatable bonds is 3. The lowest BCUT2D eigenvalue weighted by Gasteiger charge is -2.35. The molecule has 0 spiro atoms. The van der Waals surface area contributed by atoms with Crippen LogP contribution in [0.1, 0.15) is 18.4 Å². The molecule has 3 heteroatoms. The van der Waals surface area contributed by atoms with Crippen LogP contribution in [0, 0.1) is 11.2 Å². The number of ether oxygens (including phenoxy) is 1. The fourth-order valence-corrected chi connectivity index (χ4v) is 2.56. The summed E-state index contributed by atoms with van der Waals surface area (Å²) in [6.07, 6.45) is 2.90. The van der Waals surface area contributed by atoms with E-state index in [-0.39, 0.29) is 11.2 Å². The zero-order chi connectivity index (χ0) is 11.4. The minimum atomic E-state index is -0.185. The molecule has 0 N–H and O–H groups in total. The highest BCUT2D eigenvalue weighted by Crippen LogP contribution is 2.35. The lowest BCUT2D eigenvalue weighted by atomic mass is 9.77. The maximum Gasteiger partial charge on any atom is 0.123 e. The molecule has 88 valence electrons. The van der Waals surface area contributed by atoms with Crippen LogP contribution in [0.3, 0.4) is 0 Å². The summed E-state index contributed by atoms with van der Waals surface area (Å²) in [7, 11) is 0. The molecule has 0 bridgehead atoms. The van der Waals surface area contributed by atoms with Crippen molar-refractivity contribution in [2.75, 3.05) is 19.1 Å². The molecule has 16 heavy (non-hydrogen) atoms. The molecule has 0 radical (unpaired) electrons. The van der Waals surface area contributed by atoms with Gasteiger partial charge in [-0.1, -0.05) is 12.1 Å². The largest absolute Gasteiger partial charge is 0.381 e. The summed E-state index contributed by atoms with van der Waals surface area (Å²) < 4.78 is 18.2. The van der Waals surface area contributed by atoms with Crippen LogP contribution in [0.15, 0.2) is 24.3 Å². The van der Waals surface area contributed by atoms with Crippen molar-refractivity contribution in [3.05, 3.63) is 35.6 Å². The standard InChI is InChI=1S/C13H16ClFO/c14-10-13(5-7-16-8-6-13)9-11-1-3-12(15)4-2-11/h1-4H,5-10H2. The molecule has 0 unspecified atom stereocenters. The first-order valence-electron chi connectivity index (χ1n) is 5.62. The molecule has 1 aliphatic rings. The van der Waals surface area contributed by atoms with Gasteiger partial charge in [-0.05, 0) is 42.4 Å². The molecule has 1 nitrogen and oxygen atoms in total. The van der Waals surface area contributed by atoms with Gasteiger partial charge in [0.2, 0.25) is 0 Å². The molecule has 1 fully saturated rings. The Hall–Kier alpha value is -0.600. The third-order valence-electron chi connectivity index (χ3n) is 3.33. The van der Waals surface area contributed by atoms with Gasteiger partial charge >= 0.3 is 0 Å². The molecular weight excluding hydrogens is 227 g/mol. The van der Waals surface area contributed by atoms with E-state index in [4.69, 9.17) is 16.3 Å². The normalized spacial score (nSPS) is 19.6. The maximum atomic E-state index is 12.8. The predicted octanol–water partition coefficient (Wildman–Crippen LogP) is 3.40. The summed E-state index contributed by atoms with van der Waals surface area (Å²) in [5.74, 6) is 0.462. The van der Waals surface area contributed by atoms with Crippen LogP contribution < -0.4 is 0 Å². The van der Waals surface area contributed by atoms with Crippen molar-refractivity contribution in [3.8, 4) is 0 Å². The van der Waals surface area contributed by atoms with Gasteiger partial charge in [0.1, 0.15) is 5.82 Å². The number of alkyl halides is 1. The third-order valence-corrected chi connectivity index (χ3v) is 3.90. The van der Waals surface area contributed by atoms with Gasteiger partial charge in [0.15, 0.2) is 0 Å². The minimum Gasteiger partial charge on any atom is -0.381 e. The van der Waals surface area contributed by atoms with Crippen molar-refractivity contribution in [2.24, 2.45) is 5.41 Å². The Morgan fingerprint density at radius 3 is 2.38 bits per heavy atom. The minimum absolute atomic E-state index is 0.137. The summed E-state index contributed by atoms with van der Waals surface area (Å²) in [6.45, 7) is 1.57. The van der Waals surface area contributed by atoms with Gasteiger partial charge in [0.05, 0.1) is 0 Å². The first-order valence-corrected chi connectivity index (χ1v) is 6.16. The molecule has 1 saturated heterocycles. The first kappa shape index (κ1) is 11.9. The van der Waals surface area contributed by atoms with Gasteiger partial charge in [0, 0.05) is 19.1 Å². The highest BCUT2D eigenvalue weighted by atomic mass is 35.5. The van der Waals surface area contributed by atoms with E-state index in [2.05, 4.69) is 0 Å². The van der Waals surface area contributed by atoms with Gasteiger partial charge in [-0.2, -0.15) is 0 Å². The molecule has 0 aromatic heterocycles. The summed E-state index contributed by atoms with van der Waals surface area (Å²) in [5.41, 5.74) is 1.29. The highest BCUT2D eigenvalue weighted by molar-refractivity contribution is 6.18. The monoisotopic (exact) mass is 242 g/mol. The predicted molar refractivity (Wildman–Crippen MR) is 63.3 cm³/mol. The lowest BCUT2D eigenvalue weighted by molar-refractivity contribution is 0.0257. The lowest BCUT2D eigenvalue weighted by Crippen LogP contribution is -2.33. The number of hydrogen-bond acceptors (Lipinski definition) is 1. The number of hydrogen-bond donors (Lipinski definition) is 0. The van der Waals surface area contributed by atoms with Crippen LogP contribution in [-0.2, 0) is 11.2 Å². The Kier molecular flexibility index (Phi) is 3.82. The molecule has 1 aliphatic heterocycles. The molecule has 0 saturated carbocycles. The van der Waals surface area contributed by atoms with Crippen LogP contribution >= 0.6 is 11.6 Å². The van der Waals surface area contributed by atoms with Crippen LogP contribution in [0.2, 0.25) is 0 Å². The topological polar surface area (TPSA) is 9.23 Å². The van der Waals surface area contributed by atoms with Crippen molar-refractivity contribution in [1.29, 1.82) is 0 Å². The van der Waals surface area contributed by atoms with Crippen LogP contribution in [0.25, 0.3) is 0 Å². The van der Waals surface area contributed by atoms with Crippen molar-refractivity contribution < 1.29 is 9.13 Å². The first-order chi connectivity index (χ1) is 7.74. The Balaban J connectivity index is 2.08. The quantitative estimate of drug-likeness (QED) is 0.739. The van der Waals surface area contributed by atoms with Gasteiger partial charge in [-0.3, -0.25) is 0 Å². The molecule has 0 atom stereocenters. The Bertz CT molecular complexity index is 330. The molecule has 2 rings (SSSR count). The summed E-state index contributed by atoms with van der Waals surface area (Å²) in [6, 6.07) is 6.71. The van der Waals surface area contributed by atoms with E-state index in [1.54, 1.807) is 0 Å². The summed E-state index contributed by atoms with van der Waals surface area (Å²) in [5, 5.41) is 0. The van der Waals surface area contributed by atoms with E-state index in [1.807, 2.05) is 12.1 Å². The van der Waals surface area contributed by atoms with E-state index in [9.17, 15) is 4.39 Å². The Morgan fingerprint density at radius 2 is 1.81 bits per heavy atom. The Morgan fingerprint density at radius 1 is 1.19 bits per heavy atom. The fourth-order valence-electron chi connectivity index (χ4n) is 2.20. The number of halogens is 2. The molecular formula is C13H16ClFO. The van der Waals surface area contributed by atoms with Crippen molar-refractivity contribution in [3.63, 3.8) is 0 Å². The summed E-state index contributed by atoms with van der Waals surface area (Å²) in [4.78, 5) is 0. The van der Waals surface area contributed by atoms with Crippen LogP contribution in [0.4, 0.5) is 4.39 Å². The van der Waals surface area contributed by atoms with E-state index < -0.39 is 0 Å². The van der Waals surface area contributed by atoms with Crippen LogP contribution in [-0.4, -0.2) is 19.1 Å². The molecule has 0 aliphatic carbocycles. The molecule has 1 aromatic carbocycles. The van der Waals surface area contributed by atoms with E-state index in [0.29, 0.717) is 5.88 Å². The van der Waals surface area contributed by atoms with E-state index in [1.165, 1.54) is 12.1 Å². The maximum absolute atomic E-state index is 12.8.